The van der Waals surface area contributed by atoms with Crippen LogP contribution < -0.4 is 10.2 Å². The Kier molecular flexibility index (Phi) is 4.95. The van der Waals surface area contributed by atoms with Crippen LogP contribution >= 0.6 is 12.2 Å². The van der Waals surface area contributed by atoms with Gasteiger partial charge in [0.05, 0.1) is 17.4 Å². The minimum Gasteiger partial charge on any atom is -0.459 e. The number of nitrogens with zero attached hydrogens (tertiary/aromatic N) is 2. The van der Waals surface area contributed by atoms with Crippen molar-refractivity contribution in [2.75, 3.05) is 4.90 Å². The van der Waals surface area contributed by atoms with Gasteiger partial charge in [-0.05, 0) is 72.9 Å². The highest BCUT2D eigenvalue weighted by Gasteiger charge is 2.43. The quantitative estimate of drug-likeness (QED) is 0.412. The molecule has 4 aromatic rings. The lowest BCUT2D eigenvalue weighted by atomic mass is 10.0. The van der Waals surface area contributed by atoms with Gasteiger partial charge >= 0.3 is 0 Å². The molecule has 4 nitrogen and oxygen atoms in total. The number of thiocarbonyl (C=S) groups is 1. The predicted molar refractivity (Wildman–Crippen MR) is 118 cm³/mol. The molecule has 1 fully saturated rings. The first-order valence-electron chi connectivity index (χ1n) is 9.72. The van der Waals surface area contributed by atoms with E-state index in [1.165, 1.54) is 18.2 Å². The average Bonchev–Trinajstić information content (AvgIpc) is 3.40. The number of hydrogen-bond donors (Lipinski definition) is 1. The van der Waals surface area contributed by atoms with E-state index in [9.17, 15) is 8.78 Å². The van der Waals surface area contributed by atoms with Crippen LogP contribution in [0.4, 0.5) is 14.5 Å². The van der Waals surface area contributed by atoms with Crippen LogP contribution in [-0.2, 0) is 0 Å². The van der Waals surface area contributed by atoms with Crippen molar-refractivity contribution in [3.8, 4) is 11.3 Å². The third kappa shape index (κ3) is 3.57. The van der Waals surface area contributed by atoms with Crippen molar-refractivity contribution in [3.05, 3.63) is 108 Å². The first kappa shape index (κ1) is 19.4. The molecule has 1 aliphatic rings. The third-order valence-electron chi connectivity index (χ3n) is 5.26. The van der Waals surface area contributed by atoms with Crippen molar-refractivity contribution in [2.24, 2.45) is 0 Å². The van der Waals surface area contributed by atoms with Gasteiger partial charge in [-0.15, -0.1) is 0 Å². The molecule has 2 atom stereocenters. The average molecular weight is 433 g/mol. The van der Waals surface area contributed by atoms with Gasteiger partial charge in [0.25, 0.3) is 0 Å². The van der Waals surface area contributed by atoms with E-state index < -0.39 is 6.04 Å². The van der Waals surface area contributed by atoms with Gasteiger partial charge in [0.1, 0.15) is 29.2 Å². The fraction of sp³-hybridized carbons (Fsp3) is 0.0833. The van der Waals surface area contributed by atoms with Gasteiger partial charge in [0.2, 0.25) is 0 Å². The number of para-hydroxylation sites is 1. The molecule has 0 amide bonds. The summed E-state index contributed by atoms with van der Waals surface area (Å²) < 4.78 is 34.2. The monoisotopic (exact) mass is 433 g/mol. The molecule has 0 spiro atoms. The van der Waals surface area contributed by atoms with Crippen LogP contribution in [0.15, 0.2) is 89.5 Å². The Labute approximate surface area is 183 Å². The first-order valence-corrected chi connectivity index (χ1v) is 10.1. The molecule has 7 heteroatoms. The molecule has 0 unspecified atom stereocenters. The van der Waals surface area contributed by atoms with Gasteiger partial charge < -0.3 is 14.6 Å². The number of nitrogens with one attached hydrogen (secondary N) is 1. The van der Waals surface area contributed by atoms with Crippen LogP contribution in [0.3, 0.4) is 0 Å². The lowest BCUT2D eigenvalue weighted by Gasteiger charge is -2.26. The third-order valence-corrected chi connectivity index (χ3v) is 5.57. The molecule has 154 valence electrons. The van der Waals surface area contributed by atoms with E-state index in [1.54, 1.807) is 41.4 Å². The maximum atomic E-state index is 14.7. The normalized spacial score (nSPS) is 18.3. The van der Waals surface area contributed by atoms with Crippen molar-refractivity contribution in [1.82, 2.24) is 10.3 Å². The topological polar surface area (TPSA) is 41.3 Å². The summed E-state index contributed by atoms with van der Waals surface area (Å²) in [5.74, 6) is 0.470. The minimum atomic E-state index is -0.464. The SMILES string of the molecule is Fc1ccc(-c2ccc([C@@H]3[C@@H](c4ccccn4)NC(=S)N3c3ccccc3F)o2)cc1. The Balaban J connectivity index is 1.61. The van der Waals surface area contributed by atoms with E-state index in [-0.39, 0.29) is 17.7 Å². The lowest BCUT2D eigenvalue weighted by molar-refractivity contribution is 0.437. The van der Waals surface area contributed by atoms with Crippen LogP contribution in [0.1, 0.15) is 23.5 Å². The number of benzene rings is 2. The van der Waals surface area contributed by atoms with Crippen LogP contribution in [0.25, 0.3) is 11.3 Å². The van der Waals surface area contributed by atoms with E-state index in [4.69, 9.17) is 16.6 Å². The van der Waals surface area contributed by atoms with Crippen LogP contribution in [0.5, 0.6) is 0 Å². The number of halogens is 2. The number of pyridine rings is 1. The number of anilines is 1. The molecule has 31 heavy (non-hydrogen) atoms. The van der Waals surface area contributed by atoms with Crippen molar-refractivity contribution < 1.29 is 13.2 Å². The zero-order valence-corrected chi connectivity index (χ0v) is 17.0. The molecule has 1 N–H and O–H groups in total. The smallest absolute Gasteiger partial charge is 0.174 e. The van der Waals surface area contributed by atoms with Gasteiger partial charge in [-0.1, -0.05) is 18.2 Å². The maximum Gasteiger partial charge on any atom is 0.174 e. The maximum absolute atomic E-state index is 14.7. The Morgan fingerprint density at radius 1 is 0.903 bits per heavy atom. The molecule has 0 saturated carbocycles. The molecule has 2 aromatic carbocycles. The van der Waals surface area contributed by atoms with Crippen LogP contribution in [0, 0.1) is 11.6 Å². The van der Waals surface area contributed by atoms with Crippen molar-refractivity contribution in [1.29, 1.82) is 0 Å². The largest absolute Gasteiger partial charge is 0.459 e. The lowest BCUT2D eigenvalue weighted by Crippen LogP contribution is -2.30. The molecule has 0 radical (unpaired) electrons. The highest BCUT2D eigenvalue weighted by molar-refractivity contribution is 7.80. The van der Waals surface area contributed by atoms with Crippen molar-refractivity contribution in [2.45, 2.75) is 12.1 Å². The standard InChI is InChI=1S/C24H17F2N3OS/c25-16-10-8-15(9-11-16)20-12-13-21(30-20)23-22(18-6-3-4-14-27-18)28-24(31)29(23)19-7-2-1-5-17(19)26/h1-14,22-23H,(H,28,31)/t22-,23-/m1/s1. The summed E-state index contributed by atoms with van der Waals surface area (Å²) in [7, 11) is 0. The van der Waals surface area contributed by atoms with Gasteiger partial charge in [-0.25, -0.2) is 8.78 Å². The van der Waals surface area contributed by atoms with E-state index in [2.05, 4.69) is 10.3 Å². The summed E-state index contributed by atoms with van der Waals surface area (Å²) in [6.07, 6.45) is 1.70. The van der Waals surface area contributed by atoms with E-state index in [0.717, 1.165) is 11.3 Å². The number of rotatable bonds is 4. The molecule has 0 bridgehead atoms. The summed E-state index contributed by atoms with van der Waals surface area (Å²) in [6.45, 7) is 0. The fourth-order valence-electron chi connectivity index (χ4n) is 3.83. The summed E-state index contributed by atoms with van der Waals surface area (Å²) in [4.78, 5) is 6.19. The summed E-state index contributed by atoms with van der Waals surface area (Å²) >= 11 is 5.59. The molecular formula is C24H17F2N3OS. The second-order valence-electron chi connectivity index (χ2n) is 7.16. The van der Waals surface area contributed by atoms with Crippen molar-refractivity contribution in [3.63, 3.8) is 0 Å². The second kappa shape index (κ2) is 7.92. The van der Waals surface area contributed by atoms with E-state index in [0.29, 0.717) is 22.3 Å². The van der Waals surface area contributed by atoms with Gasteiger partial charge in [0, 0.05) is 11.8 Å². The number of furan rings is 1. The van der Waals surface area contributed by atoms with E-state index >= 15 is 0 Å². The van der Waals surface area contributed by atoms with Crippen molar-refractivity contribution >= 4 is 23.0 Å². The number of aromatic nitrogens is 1. The Hall–Kier alpha value is -3.58. The van der Waals surface area contributed by atoms with Gasteiger partial charge in [-0.2, -0.15) is 0 Å². The molecule has 5 rings (SSSR count). The summed E-state index contributed by atoms with van der Waals surface area (Å²) in [5, 5.41) is 3.65. The Morgan fingerprint density at radius 3 is 2.42 bits per heavy atom. The fourth-order valence-corrected chi connectivity index (χ4v) is 4.17. The first-order chi connectivity index (χ1) is 15.1. The number of hydrogen-bond acceptors (Lipinski definition) is 3. The molecular weight excluding hydrogens is 416 g/mol. The van der Waals surface area contributed by atoms with Crippen LogP contribution in [-0.4, -0.2) is 10.1 Å². The molecule has 3 heterocycles. The zero-order chi connectivity index (χ0) is 21.4. The minimum absolute atomic E-state index is 0.318. The molecule has 1 aliphatic heterocycles. The van der Waals surface area contributed by atoms with Crippen LogP contribution in [0.2, 0.25) is 0 Å². The van der Waals surface area contributed by atoms with E-state index in [1.807, 2.05) is 30.3 Å². The molecule has 2 aromatic heterocycles. The molecule has 1 saturated heterocycles. The van der Waals surface area contributed by atoms with Gasteiger partial charge in [0.15, 0.2) is 5.11 Å². The highest BCUT2D eigenvalue weighted by Crippen LogP contribution is 2.43. The summed E-state index contributed by atoms with van der Waals surface area (Å²) in [6, 6.07) is 21.0. The molecule has 0 aliphatic carbocycles. The Bertz CT molecular complexity index is 1230. The Morgan fingerprint density at radius 2 is 1.68 bits per heavy atom. The predicted octanol–water partition coefficient (Wildman–Crippen LogP) is 5.80. The zero-order valence-electron chi connectivity index (χ0n) is 16.2. The summed E-state index contributed by atoms with van der Waals surface area (Å²) in [5.41, 5.74) is 1.85. The second-order valence-corrected chi connectivity index (χ2v) is 7.54. The van der Waals surface area contributed by atoms with Gasteiger partial charge in [-0.3, -0.25) is 4.98 Å². The highest BCUT2D eigenvalue weighted by atomic mass is 32.1.